The van der Waals surface area contributed by atoms with Gasteiger partial charge in [-0.25, -0.2) is 0 Å². The minimum atomic E-state index is -1.91. The topological polar surface area (TPSA) is 101 Å². The van der Waals surface area contributed by atoms with Crippen LogP contribution in [0.2, 0.25) is 0 Å². The van der Waals surface area contributed by atoms with Crippen molar-refractivity contribution in [2.45, 2.75) is 57.2 Å². The molecule has 2 N–H and O–H groups in total. The average molecular weight is 580 g/mol. The molecule has 43 heavy (non-hydrogen) atoms. The highest BCUT2D eigenvalue weighted by atomic mass is 16.3. The number of carbonyl (C=O) groups is 3. The van der Waals surface area contributed by atoms with Gasteiger partial charge in [-0.3, -0.25) is 19.3 Å². The predicted octanol–water partition coefficient (Wildman–Crippen LogP) is 4.60. The first kappa shape index (κ1) is 28.8. The second kappa shape index (κ2) is 11.8. The maximum atomic E-state index is 14.1. The summed E-state index contributed by atoms with van der Waals surface area (Å²) in [5, 5.41) is 22.2. The van der Waals surface area contributed by atoms with Crippen LogP contribution in [0.15, 0.2) is 84.9 Å². The molecule has 3 aliphatic heterocycles. The van der Waals surface area contributed by atoms with E-state index in [2.05, 4.69) is 0 Å². The third kappa shape index (κ3) is 5.15. The standard InChI is InChI=1S/C35H37N3O5/c1-24(10-9-16-33(41)37-22-26-12-6-5-11-25(26)20-29(37)23-39)35(43)30-21-28(36-19-8-7-15-32(36)40)17-18-31(30)38(34(35)42)27-13-3-2-4-14-27/h2-6,9-14,17-18,21,24,29,39,43H,7-8,15-16,19-20,22-23H2,1H3/b10-9+/t24-,29-,35+/m0/s1. The monoisotopic (exact) mass is 579 g/mol. The maximum Gasteiger partial charge on any atom is 0.268 e. The SMILES string of the molecule is C[C@@H](/C=C/CC(=O)N1Cc2ccccc2C[C@H]1CO)[C@]1(O)C(=O)N(c2ccccc2)c2ccc(N3CCCCC3=O)cc21. The number of para-hydroxylation sites is 1. The van der Waals surface area contributed by atoms with Crippen LogP contribution in [0, 0.1) is 5.92 Å². The Hall–Kier alpha value is -4.27. The molecule has 3 aliphatic rings. The van der Waals surface area contributed by atoms with Crippen LogP contribution >= 0.6 is 0 Å². The minimum Gasteiger partial charge on any atom is -0.394 e. The van der Waals surface area contributed by atoms with Gasteiger partial charge >= 0.3 is 0 Å². The molecule has 3 atom stereocenters. The number of hydrogen-bond acceptors (Lipinski definition) is 5. The van der Waals surface area contributed by atoms with E-state index in [-0.39, 0.29) is 30.9 Å². The first-order valence-corrected chi connectivity index (χ1v) is 15.0. The Morgan fingerprint density at radius 2 is 1.74 bits per heavy atom. The molecule has 0 bridgehead atoms. The van der Waals surface area contributed by atoms with Crippen LogP contribution in [-0.4, -0.2) is 52.0 Å². The normalized spacial score (nSPS) is 22.6. The number of hydrogen-bond donors (Lipinski definition) is 2. The van der Waals surface area contributed by atoms with Gasteiger partial charge in [-0.05, 0) is 60.7 Å². The molecule has 8 heteroatoms. The van der Waals surface area contributed by atoms with Gasteiger partial charge in [-0.15, -0.1) is 0 Å². The van der Waals surface area contributed by atoms with Crippen LogP contribution in [0.5, 0.6) is 0 Å². The fraction of sp³-hybridized carbons (Fsp3) is 0.343. The third-order valence-electron chi connectivity index (χ3n) is 9.07. The first-order valence-electron chi connectivity index (χ1n) is 15.0. The molecule has 222 valence electrons. The second-order valence-corrected chi connectivity index (χ2v) is 11.7. The predicted molar refractivity (Wildman–Crippen MR) is 165 cm³/mol. The molecule has 8 nitrogen and oxygen atoms in total. The lowest BCUT2D eigenvalue weighted by molar-refractivity contribution is -0.138. The van der Waals surface area contributed by atoms with Crippen molar-refractivity contribution in [2.24, 2.45) is 5.92 Å². The maximum absolute atomic E-state index is 14.1. The van der Waals surface area contributed by atoms with Crippen LogP contribution in [0.3, 0.4) is 0 Å². The van der Waals surface area contributed by atoms with Gasteiger partial charge in [0.15, 0.2) is 5.60 Å². The molecular formula is C35H37N3O5. The molecule has 0 saturated carbocycles. The number of benzene rings is 3. The minimum absolute atomic E-state index is 0.0342. The number of piperidine rings is 1. The smallest absolute Gasteiger partial charge is 0.268 e. The summed E-state index contributed by atoms with van der Waals surface area (Å²) in [6.45, 7) is 2.68. The average Bonchev–Trinajstić information content (AvgIpc) is 3.27. The summed E-state index contributed by atoms with van der Waals surface area (Å²) in [7, 11) is 0. The molecule has 1 saturated heterocycles. The number of nitrogens with zero attached hydrogens (tertiary/aromatic N) is 3. The largest absolute Gasteiger partial charge is 0.394 e. The van der Waals surface area contributed by atoms with Crippen molar-refractivity contribution in [3.8, 4) is 0 Å². The zero-order chi connectivity index (χ0) is 30.1. The molecule has 6 rings (SSSR count). The second-order valence-electron chi connectivity index (χ2n) is 11.7. The van der Waals surface area contributed by atoms with Gasteiger partial charge < -0.3 is 20.0 Å². The molecule has 0 unspecified atom stereocenters. The Bertz CT molecular complexity index is 1570. The summed E-state index contributed by atoms with van der Waals surface area (Å²) in [5.74, 6) is -1.25. The molecule has 0 spiro atoms. The third-order valence-corrected chi connectivity index (χ3v) is 9.07. The summed E-state index contributed by atoms with van der Waals surface area (Å²) in [6, 6.07) is 22.3. The molecule has 3 aromatic rings. The van der Waals surface area contributed by atoms with Gasteiger partial charge in [0.1, 0.15) is 0 Å². The van der Waals surface area contributed by atoms with Crippen LogP contribution < -0.4 is 9.80 Å². The van der Waals surface area contributed by atoms with Gasteiger partial charge in [0.05, 0.1) is 18.3 Å². The summed E-state index contributed by atoms with van der Waals surface area (Å²) in [5.41, 5.74) is 2.62. The zero-order valence-electron chi connectivity index (χ0n) is 24.4. The zero-order valence-corrected chi connectivity index (χ0v) is 24.4. The van der Waals surface area contributed by atoms with E-state index in [0.29, 0.717) is 48.6 Å². The van der Waals surface area contributed by atoms with Gasteiger partial charge in [-0.1, -0.05) is 61.5 Å². The number of amides is 3. The van der Waals surface area contributed by atoms with E-state index in [1.807, 2.05) is 60.7 Å². The first-order chi connectivity index (χ1) is 20.8. The van der Waals surface area contributed by atoms with E-state index in [9.17, 15) is 24.6 Å². The highest BCUT2D eigenvalue weighted by molar-refractivity contribution is 6.12. The van der Waals surface area contributed by atoms with Gasteiger partial charge in [0.2, 0.25) is 11.8 Å². The summed E-state index contributed by atoms with van der Waals surface area (Å²) in [4.78, 5) is 45.1. The number of aliphatic hydroxyl groups is 2. The molecule has 0 radical (unpaired) electrons. The highest BCUT2D eigenvalue weighted by Gasteiger charge is 2.53. The van der Waals surface area contributed by atoms with Gasteiger partial charge in [-0.2, -0.15) is 0 Å². The van der Waals surface area contributed by atoms with Crippen LogP contribution in [0.1, 0.15) is 49.3 Å². The molecule has 3 heterocycles. The number of anilines is 3. The van der Waals surface area contributed by atoms with E-state index in [0.717, 1.165) is 24.0 Å². The Morgan fingerprint density at radius 1 is 1.00 bits per heavy atom. The summed E-state index contributed by atoms with van der Waals surface area (Å²) < 4.78 is 0. The fourth-order valence-electron chi connectivity index (χ4n) is 6.61. The van der Waals surface area contributed by atoms with Crippen molar-refractivity contribution in [3.63, 3.8) is 0 Å². The van der Waals surface area contributed by atoms with Crippen molar-refractivity contribution in [2.75, 3.05) is 23.0 Å². The number of fused-ring (bicyclic) bond motifs is 2. The fourth-order valence-corrected chi connectivity index (χ4v) is 6.61. The Morgan fingerprint density at radius 3 is 2.49 bits per heavy atom. The number of aliphatic hydroxyl groups excluding tert-OH is 1. The van der Waals surface area contributed by atoms with Crippen molar-refractivity contribution in [1.29, 1.82) is 0 Å². The Labute approximate surface area is 251 Å². The molecule has 3 aromatic carbocycles. The van der Waals surface area contributed by atoms with Crippen LogP contribution in [0.4, 0.5) is 17.1 Å². The molecule has 3 amide bonds. The van der Waals surface area contributed by atoms with Crippen molar-refractivity contribution in [1.82, 2.24) is 4.90 Å². The molecular weight excluding hydrogens is 542 g/mol. The van der Waals surface area contributed by atoms with E-state index in [1.54, 1.807) is 41.0 Å². The Balaban J connectivity index is 1.28. The van der Waals surface area contributed by atoms with E-state index < -0.39 is 17.4 Å². The van der Waals surface area contributed by atoms with Crippen molar-refractivity contribution < 1.29 is 24.6 Å². The van der Waals surface area contributed by atoms with Crippen LogP contribution in [-0.2, 0) is 33.0 Å². The quantitative estimate of drug-likeness (QED) is 0.399. The van der Waals surface area contributed by atoms with Crippen molar-refractivity contribution >= 4 is 34.8 Å². The van der Waals surface area contributed by atoms with E-state index in [4.69, 9.17) is 0 Å². The van der Waals surface area contributed by atoms with E-state index >= 15 is 0 Å². The lowest BCUT2D eigenvalue weighted by atomic mass is 9.82. The summed E-state index contributed by atoms with van der Waals surface area (Å²) >= 11 is 0. The van der Waals surface area contributed by atoms with Crippen LogP contribution in [0.25, 0.3) is 0 Å². The summed E-state index contributed by atoms with van der Waals surface area (Å²) in [6.07, 6.45) is 6.33. The van der Waals surface area contributed by atoms with E-state index in [1.165, 1.54) is 4.90 Å². The van der Waals surface area contributed by atoms with Gasteiger partial charge in [0, 0.05) is 48.8 Å². The molecule has 1 fully saturated rings. The van der Waals surface area contributed by atoms with Crippen molar-refractivity contribution in [3.05, 3.63) is 102 Å². The highest BCUT2D eigenvalue weighted by Crippen LogP contribution is 2.49. The lowest BCUT2D eigenvalue weighted by Gasteiger charge is -2.36. The molecule has 0 aliphatic carbocycles. The molecule has 0 aromatic heterocycles. The number of carbonyl (C=O) groups excluding carboxylic acids is 3. The Kier molecular flexibility index (Phi) is 7.90. The van der Waals surface area contributed by atoms with Gasteiger partial charge in [0.25, 0.3) is 5.91 Å². The lowest BCUT2D eigenvalue weighted by Crippen LogP contribution is -2.46. The number of rotatable bonds is 7.